The van der Waals surface area contributed by atoms with Gasteiger partial charge in [-0.2, -0.15) is 30.9 Å². The maximum absolute atomic E-state index is 13.0. The average Bonchev–Trinajstić information content (AvgIpc) is 3.05. The van der Waals surface area contributed by atoms with Crippen LogP contribution in [0.15, 0.2) is 41.3 Å². The summed E-state index contributed by atoms with van der Waals surface area (Å²) in [7, 11) is -5.86. The Morgan fingerprint density at radius 1 is 1.23 bits per heavy atom. The number of ether oxygens (including phenoxy) is 1. The van der Waals surface area contributed by atoms with Gasteiger partial charge >= 0.3 is 21.6 Å². The highest BCUT2D eigenvalue weighted by atomic mass is 32.2. The van der Waals surface area contributed by atoms with E-state index in [1.165, 1.54) is 20.8 Å². The topological polar surface area (TPSA) is 102 Å². The van der Waals surface area contributed by atoms with Gasteiger partial charge < -0.3 is 10.5 Å². The van der Waals surface area contributed by atoms with E-state index in [4.69, 9.17) is 10.5 Å². The fourth-order valence-electron chi connectivity index (χ4n) is 3.30. The van der Waals surface area contributed by atoms with Crippen molar-refractivity contribution in [2.24, 2.45) is 10.7 Å². The van der Waals surface area contributed by atoms with E-state index >= 15 is 0 Å². The molecule has 8 nitrogen and oxygen atoms in total. The first kappa shape index (κ1) is 25.1. The van der Waals surface area contributed by atoms with Crippen molar-refractivity contribution in [3.63, 3.8) is 0 Å². The number of aliphatic imine (C=N–C) groups is 1. The number of halogens is 3. The molecule has 0 saturated carbocycles. The van der Waals surface area contributed by atoms with Crippen LogP contribution >= 0.6 is 0 Å². The first-order valence-electron chi connectivity index (χ1n) is 9.78. The summed E-state index contributed by atoms with van der Waals surface area (Å²) in [6, 6.07) is 0. The molecule has 0 spiro atoms. The predicted octanol–water partition coefficient (Wildman–Crippen LogP) is 3.36. The van der Waals surface area contributed by atoms with E-state index in [0.29, 0.717) is 30.4 Å². The van der Waals surface area contributed by atoms with Gasteiger partial charge in [-0.1, -0.05) is 0 Å². The Morgan fingerprint density at radius 3 is 2.48 bits per heavy atom. The molecule has 0 aromatic heterocycles. The number of rotatable bonds is 8. The van der Waals surface area contributed by atoms with Crippen LogP contribution in [-0.2, 0) is 14.8 Å². The summed E-state index contributed by atoms with van der Waals surface area (Å²) in [6.45, 7) is 4.56. The largest absolute Gasteiger partial charge is 0.516 e. The van der Waals surface area contributed by atoms with Crippen molar-refractivity contribution >= 4 is 22.0 Å². The van der Waals surface area contributed by atoms with Gasteiger partial charge in [-0.25, -0.2) is 9.28 Å². The molecule has 0 aromatic carbocycles. The zero-order chi connectivity index (χ0) is 23.5. The van der Waals surface area contributed by atoms with E-state index in [1.807, 2.05) is 24.4 Å². The molecule has 2 heterocycles. The Bertz CT molecular complexity index is 917. The summed E-state index contributed by atoms with van der Waals surface area (Å²) >= 11 is 0. The highest BCUT2D eigenvalue weighted by Gasteiger charge is 2.52. The standard InChI is InChI=1S/C19H28F3N4O4S/c1-18(2,3)30-17(27)25(31(28,29)19(20,21)22)11-5-4-6-12-26-13-10-24-16(26)9-7-8-15(26)14-23/h7-10,13H,4-6,11-12,14,23H2,1-3H3/q+1. The molecular formula is C19H28F3N4O4S+. The maximum atomic E-state index is 13.0. The molecule has 12 heteroatoms. The van der Waals surface area contributed by atoms with Crippen LogP contribution in [0.2, 0.25) is 0 Å². The van der Waals surface area contributed by atoms with Crippen LogP contribution in [0.4, 0.5) is 18.0 Å². The number of carbonyl (C=O) groups excluding carboxylic acids is 1. The molecule has 2 aliphatic rings. The minimum absolute atomic E-state index is 0.0439. The van der Waals surface area contributed by atoms with Gasteiger partial charge in [0.05, 0.1) is 19.3 Å². The smallest absolute Gasteiger partial charge is 0.443 e. The molecule has 2 rings (SSSR count). The predicted molar refractivity (Wildman–Crippen MR) is 110 cm³/mol. The molecule has 0 saturated heterocycles. The van der Waals surface area contributed by atoms with Crippen molar-refractivity contribution < 1.29 is 35.6 Å². The lowest BCUT2D eigenvalue weighted by atomic mass is 10.1. The molecule has 1 atom stereocenters. The van der Waals surface area contributed by atoms with Crippen LogP contribution in [0.1, 0.15) is 40.0 Å². The number of quaternary nitrogens is 1. The Hall–Kier alpha value is -2.18. The van der Waals surface area contributed by atoms with Gasteiger partial charge in [0.15, 0.2) is 0 Å². The van der Waals surface area contributed by atoms with E-state index in [2.05, 4.69) is 4.99 Å². The Kier molecular flexibility index (Phi) is 7.39. The van der Waals surface area contributed by atoms with Gasteiger partial charge in [0.25, 0.3) is 0 Å². The SMILES string of the molecule is CC(C)(C)OC(=O)N(CCCCC[N+]12C=CN=C1C=CC=C2CN)S(=O)(=O)C(F)(F)F. The Labute approximate surface area is 180 Å². The second-order valence-corrected chi connectivity index (χ2v) is 10.0. The van der Waals surface area contributed by atoms with E-state index in [0.717, 1.165) is 11.5 Å². The van der Waals surface area contributed by atoms with Gasteiger partial charge in [-0.15, -0.1) is 0 Å². The molecule has 0 aromatic rings. The zero-order valence-corrected chi connectivity index (χ0v) is 18.5. The van der Waals surface area contributed by atoms with E-state index in [-0.39, 0.29) is 10.7 Å². The van der Waals surface area contributed by atoms with Crippen LogP contribution < -0.4 is 5.73 Å². The third-order valence-corrected chi connectivity index (χ3v) is 6.24. The number of amidine groups is 1. The second-order valence-electron chi connectivity index (χ2n) is 8.16. The number of alkyl halides is 3. The molecule has 31 heavy (non-hydrogen) atoms. The lowest BCUT2D eigenvalue weighted by Gasteiger charge is -2.34. The highest BCUT2D eigenvalue weighted by molar-refractivity contribution is 7.90. The monoisotopic (exact) mass is 465 g/mol. The quantitative estimate of drug-likeness (QED) is 0.438. The number of hydrogen-bond donors (Lipinski definition) is 1. The van der Waals surface area contributed by atoms with E-state index < -0.39 is 33.8 Å². The fourth-order valence-corrected chi connectivity index (χ4v) is 4.16. The van der Waals surface area contributed by atoms with Crippen molar-refractivity contribution in [1.82, 2.24) is 4.31 Å². The van der Waals surface area contributed by atoms with Crippen molar-refractivity contribution in [3.8, 4) is 0 Å². The normalized spacial score (nSPS) is 20.9. The number of unbranched alkanes of at least 4 members (excludes halogenated alkanes) is 2. The molecule has 174 valence electrons. The van der Waals surface area contributed by atoms with Crippen LogP contribution in [-0.4, -0.2) is 59.9 Å². The lowest BCUT2D eigenvalue weighted by Crippen LogP contribution is -2.48. The van der Waals surface area contributed by atoms with Gasteiger partial charge in [-0.3, -0.25) is 0 Å². The van der Waals surface area contributed by atoms with Crippen LogP contribution in [0.5, 0.6) is 0 Å². The summed E-state index contributed by atoms with van der Waals surface area (Å²) < 4.78 is 67.8. The number of sulfonamides is 1. The van der Waals surface area contributed by atoms with Gasteiger partial charge in [-0.05, 0) is 52.2 Å². The van der Waals surface area contributed by atoms with Crippen molar-refractivity contribution in [3.05, 3.63) is 36.3 Å². The van der Waals surface area contributed by atoms with E-state index in [9.17, 15) is 26.4 Å². The summed E-state index contributed by atoms with van der Waals surface area (Å²) in [4.78, 5) is 16.5. The van der Waals surface area contributed by atoms with Crippen molar-refractivity contribution in [2.45, 2.75) is 51.1 Å². The molecule has 0 radical (unpaired) electrons. The number of allylic oxidation sites excluding steroid dienone is 2. The summed E-state index contributed by atoms with van der Waals surface area (Å²) in [6.07, 6.45) is 8.60. The molecule has 1 amide bonds. The second kappa shape index (κ2) is 9.13. The average molecular weight is 466 g/mol. The Balaban J connectivity index is 2.02. The minimum Gasteiger partial charge on any atom is -0.443 e. The third kappa shape index (κ3) is 5.55. The van der Waals surface area contributed by atoms with Gasteiger partial charge in [0, 0.05) is 12.6 Å². The Morgan fingerprint density at radius 2 is 1.90 bits per heavy atom. The molecule has 0 aliphatic carbocycles. The van der Waals surface area contributed by atoms with Crippen LogP contribution in [0.25, 0.3) is 0 Å². The number of hydrogen-bond acceptors (Lipinski definition) is 6. The molecule has 0 bridgehead atoms. The van der Waals surface area contributed by atoms with Gasteiger partial charge in [0.2, 0.25) is 5.84 Å². The summed E-state index contributed by atoms with van der Waals surface area (Å²) in [5.41, 5.74) is 0.0262. The number of nitrogens with zero attached hydrogens (tertiary/aromatic N) is 3. The van der Waals surface area contributed by atoms with Crippen molar-refractivity contribution in [1.29, 1.82) is 0 Å². The highest BCUT2D eigenvalue weighted by Crippen LogP contribution is 2.30. The molecular weight excluding hydrogens is 437 g/mol. The van der Waals surface area contributed by atoms with Crippen molar-refractivity contribution in [2.75, 3.05) is 19.6 Å². The minimum atomic E-state index is -5.86. The van der Waals surface area contributed by atoms with Crippen LogP contribution in [0, 0.1) is 0 Å². The summed E-state index contributed by atoms with van der Waals surface area (Å²) in [5.74, 6) is 0.790. The lowest BCUT2D eigenvalue weighted by molar-refractivity contribution is -0.744. The maximum Gasteiger partial charge on any atom is 0.516 e. The summed E-state index contributed by atoms with van der Waals surface area (Å²) in [5, 5.41) is 0. The first-order valence-corrected chi connectivity index (χ1v) is 11.2. The molecule has 0 fully saturated rings. The fraction of sp³-hybridized carbons (Fsp3) is 0.579. The molecule has 1 unspecified atom stereocenters. The molecule has 2 aliphatic heterocycles. The number of fused-ring (bicyclic) bond motifs is 1. The number of amides is 1. The molecule has 2 N–H and O–H groups in total. The van der Waals surface area contributed by atoms with E-state index in [1.54, 1.807) is 6.20 Å². The van der Waals surface area contributed by atoms with Crippen LogP contribution in [0.3, 0.4) is 0 Å². The number of carbonyl (C=O) groups is 1. The number of nitrogens with two attached hydrogens (primary N) is 1. The van der Waals surface area contributed by atoms with Gasteiger partial charge in [0.1, 0.15) is 17.5 Å². The third-order valence-electron chi connectivity index (χ3n) is 4.74. The zero-order valence-electron chi connectivity index (χ0n) is 17.7. The first-order chi connectivity index (χ1) is 14.2.